The Bertz CT molecular complexity index is 2300. The van der Waals surface area contributed by atoms with E-state index in [0.717, 1.165) is 23.2 Å². The van der Waals surface area contributed by atoms with Gasteiger partial charge in [-0.3, -0.25) is 0 Å². The van der Waals surface area contributed by atoms with Crippen LogP contribution in [0.2, 0.25) is 0 Å². The second-order valence-corrected chi connectivity index (χ2v) is 11.7. The summed E-state index contributed by atoms with van der Waals surface area (Å²) in [5.74, 6) is 0. The summed E-state index contributed by atoms with van der Waals surface area (Å²) >= 11 is 0. The molecule has 3 aliphatic rings. The summed E-state index contributed by atoms with van der Waals surface area (Å²) in [7, 11) is 0. The molecule has 1 spiro atoms. The number of para-hydroxylation sites is 1. The van der Waals surface area contributed by atoms with Crippen molar-refractivity contribution in [3.05, 3.63) is 180 Å². The molecule has 43 heavy (non-hydrogen) atoms. The molecule has 0 N–H and O–H groups in total. The van der Waals surface area contributed by atoms with Crippen LogP contribution in [-0.4, -0.2) is 4.57 Å². The SMILES string of the molecule is C=Cc1cccc(-n2c3ccccc3c3cc4c(cc32)-c2ccccc2C42C3=C(CC=CC=C3)c3ccccc32)c1C=C. The van der Waals surface area contributed by atoms with E-state index in [4.69, 9.17) is 0 Å². The summed E-state index contributed by atoms with van der Waals surface area (Å²) in [5, 5.41) is 2.52. The third kappa shape index (κ3) is 2.96. The van der Waals surface area contributed by atoms with Crippen molar-refractivity contribution in [2.75, 3.05) is 0 Å². The van der Waals surface area contributed by atoms with E-state index in [-0.39, 0.29) is 5.41 Å². The molecule has 9 rings (SSSR count). The van der Waals surface area contributed by atoms with E-state index >= 15 is 0 Å². The average Bonchev–Trinajstić information content (AvgIpc) is 3.54. The van der Waals surface area contributed by atoms with Gasteiger partial charge >= 0.3 is 0 Å². The molecular weight excluding hydrogens is 518 g/mol. The zero-order valence-corrected chi connectivity index (χ0v) is 23.8. The first kappa shape index (κ1) is 24.2. The van der Waals surface area contributed by atoms with Crippen molar-refractivity contribution in [3.8, 4) is 16.8 Å². The molecule has 0 bridgehead atoms. The number of hydrogen-bond donors (Lipinski definition) is 0. The van der Waals surface area contributed by atoms with Crippen LogP contribution in [-0.2, 0) is 5.41 Å². The average molecular weight is 548 g/mol. The highest BCUT2D eigenvalue weighted by molar-refractivity contribution is 6.12. The molecule has 0 saturated carbocycles. The molecule has 5 aromatic carbocycles. The Morgan fingerprint density at radius 3 is 2.23 bits per heavy atom. The Hall–Kier alpha value is -5.40. The number of fused-ring (bicyclic) bond motifs is 12. The molecule has 1 heterocycles. The van der Waals surface area contributed by atoms with Gasteiger partial charge in [-0.1, -0.05) is 128 Å². The fourth-order valence-electron chi connectivity index (χ4n) is 8.20. The van der Waals surface area contributed by atoms with Crippen molar-refractivity contribution in [2.24, 2.45) is 0 Å². The van der Waals surface area contributed by atoms with Crippen molar-refractivity contribution in [3.63, 3.8) is 0 Å². The van der Waals surface area contributed by atoms with Gasteiger partial charge in [0.25, 0.3) is 0 Å². The van der Waals surface area contributed by atoms with Crippen LogP contribution in [0.25, 0.3) is 56.3 Å². The predicted molar refractivity (Wildman–Crippen MR) is 183 cm³/mol. The maximum atomic E-state index is 4.20. The first-order valence-corrected chi connectivity index (χ1v) is 15.0. The van der Waals surface area contributed by atoms with Crippen molar-refractivity contribution in [1.29, 1.82) is 0 Å². The van der Waals surface area contributed by atoms with Crippen LogP contribution < -0.4 is 0 Å². The summed E-state index contributed by atoms with van der Waals surface area (Å²) in [6.45, 7) is 8.28. The van der Waals surface area contributed by atoms with Crippen molar-refractivity contribution >= 4 is 39.5 Å². The maximum Gasteiger partial charge on any atom is 0.0722 e. The van der Waals surface area contributed by atoms with Crippen LogP contribution in [0, 0.1) is 0 Å². The van der Waals surface area contributed by atoms with Crippen LogP contribution in [0.4, 0.5) is 0 Å². The Morgan fingerprint density at radius 2 is 1.40 bits per heavy atom. The molecule has 0 aliphatic heterocycles. The number of benzene rings is 5. The fourth-order valence-corrected chi connectivity index (χ4v) is 8.20. The first-order valence-electron chi connectivity index (χ1n) is 15.0. The van der Waals surface area contributed by atoms with Gasteiger partial charge in [-0.15, -0.1) is 0 Å². The maximum absolute atomic E-state index is 4.20. The number of allylic oxidation sites excluding steroid dienone is 6. The third-order valence-corrected chi connectivity index (χ3v) is 9.84. The standard InChI is InChI=1S/C42H29N/c1-3-27-15-14-24-39(28(27)4-2)43-40-23-13-10-19-32(40)34-25-38-33(26-41(34)43)31-18-9-12-22-37(31)42(38)35-20-7-5-6-16-29(35)30-17-8-11-21-36(30)42/h3-15,17-26H,1-2,16H2. The van der Waals surface area contributed by atoms with E-state index in [2.05, 4.69) is 145 Å². The largest absolute Gasteiger partial charge is 0.309 e. The van der Waals surface area contributed by atoms with Crippen LogP contribution in [0.15, 0.2) is 146 Å². The summed E-state index contributed by atoms with van der Waals surface area (Å²) in [6, 6.07) is 38.3. The van der Waals surface area contributed by atoms with Crippen molar-refractivity contribution < 1.29 is 0 Å². The lowest BCUT2D eigenvalue weighted by Gasteiger charge is -2.31. The Balaban J connectivity index is 1.46. The zero-order chi connectivity index (χ0) is 28.7. The Kier molecular flexibility index (Phi) is 4.96. The van der Waals surface area contributed by atoms with Gasteiger partial charge in [-0.05, 0) is 80.8 Å². The van der Waals surface area contributed by atoms with Gasteiger partial charge in [0.05, 0.1) is 22.1 Å². The van der Waals surface area contributed by atoms with E-state index in [1.165, 1.54) is 66.3 Å². The van der Waals surface area contributed by atoms with E-state index in [0.29, 0.717) is 0 Å². The predicted octanol–water partition coefficient (Wildman–Crippen LogP) is 10.7. The molecule has 1 atom stereocenters. The van der Waals surface area contributed by atoms with Crippen LogP contribution in [0.5, 0.6) is 0 Å². The van der Waals surface area contributed by atoms with Gasteiger partial charge in [0.15, 0.2) is 0 Å². The summed E-state index contributed by atoms with van der Waals surface area (Å²) in [5.41, 5.74) is 16.3. The summed E-state index contributed by atoms with van der Waals surface area (Å²) in [4.78, 5) is 0. The molecule has 0 fully saturated rings. The third-order valence-electron chi connectivity index (χ3n) is 9.84. The Labute approximate surface area is 251 Å². The number of nitrogens with zero attached hydrogens (tertiary/aromatic N) is 1. The number of aromatic nitrogens is 1. The minimum absolute atomic E-state index is 0.354. The highest BCUT2D eigenvalue weighted by atomic mass is 15.0. The molecule has 0 saturated heterocycles. The minimum Gasteiger partial charge on any atom is -0.309 e. The summed E-state index contributed by atoms with van der Waals surface area (Å²) < 4.78 is 2.42. The van der Waals surface area contributed by atoms with Crippen molar-refractivity contribution in [1.82, 2.24) is 4.57 Å². The van der Waals surface area contributed by atoms with E-state index in [1.807, 2.05) is 12.2 Å². The van der Waals surface area contributed by atoms with E-state index < -0.39 is 0 Å². The lowest BCUT2D eigenvalue weighted by atomic mass is 9.69. The quantitative estimate of drug-likeness (QED) is 0.208. The van der Waals surface area contributed by atoms with Gasteiger partial charge in [0, 0.05) is 16.3 Å². The topological polar surface area (TPSA) is 4.93 Å². The molecule has 6 aromatic rings. The van der Waals surface area contributed by atoms with Gasteiger partial charge in [0.1, 0.15) is 0 Å². The van der Waals surface area contributed by atoms with Crippen LogP contribution in [0.1, 0.15) is 39.8 Å². The molecule has 1 heteroatoms. The lowest BCUT2D eigenvalue weighted by molar-refractivity contribution is 0.787. The van der Waals surface area contributed by atoms with E-state index in [9.17, 15) is 0 Å². The molecule has 0 amide bonds. The molecule has 3 aliphatic carbocycles. The zero-order valence-electron chi connectivity index (χ0n) is 23.8. The smallest absolute Gasteiger partial charge is 0.0722 e. The second-order valence-electron chi connectivity index (χ2n) is 11.7. The van der Waals surface area contributed by atoms with E-state index in [1.54, 1.807) is 0 Å². The molecule has 1 nitrogen and oxygen atoms in total. The summed E-state index contributed by atoms with van der Waals surface area (Å²) in [6.07, 6.45) is 13.9. The molecule has 1 unspecified atom stereocenters. The van der Waals surface area contributed by atoms with Crippen LogP contribution in [0.3, 0.4) is 0 Å². The molecule has 1 aromatic heterocycles. The first-order chi connectivity index (χ1) is 21.3. The second kappa shape index (κ2) is 8.80. The minimum atomic E-state index is -0.354. The molecule has 0 radical (unpaired) electrons. The van der Waals surface area contributed by atoms with Gasteiger partial charge in [-0.2, -0.15) is 0 Å². The monoisotopic (exact) mass is 547 g/mol. The van der Waals surface area contributed by atoms with Crippen molar-refractivity contribution in [2.45, 2.75) is 11.8 Å². The van der Waals surface area contributed by atoms with Gasteiger partial charge in [-0.25, -0.2) is 0 Å². The fraction of sp³-hybridized carbons (Fsp3) is 0.0476. The normalized spacial score (nSPS) is 17.7. The molecule has 202 valence electrons. The van der Waals surface area contributed by atoms with Crippen LogP contribution >= 0.6 is 0 Å². The highest BCUT2D eigenvalue weighted by Crippen LogP contribution is 2.63. The highest BCUT2D eigenvalue weighted by Gasteiger charge is 2.52. The Morgan fingerprint density at radius 1 is 0.628 bits per heavy atom. The number of rotatable bonds is 3. The van der Waals surface area contributed by atoms with Gasteiger partial charge < -0.3 is 4.57 Å². The molecular formula is C42H29N. The number of hydrogen-bond acceptors (Lipinski definition) is 0. The lowest BCUT2D eigenvalue weighted by Crippen LogP contribution is -2.26. The van der Waals surface area contributed by atoms with Gasteiger partial charge in [0.2, 0.25) is 0 Å².